The summed E-state index contributed by atoms with van der Waals surface area (Å²) in [4.78, 5) is 4.49. The maximum Gasteiger partial charge on any atom is 0.177 e. The van der Waals surface area contributed by atoms with Gasteiger partial charge < -0.3 is 8.98 Å². The van der Waals surface area contributed by atoms with Crippen molar-refractivity contribution in [3.05, 3.63) is 77.6 Å². The number of aromatic nitrogens is 2. The quantitative estimate of drug-likeness (QED) is 0.535. The highest BCUT2D eigenvalue weighted by Crippen LogP contribution is 2.28. The molecule has 0 bridgehead atoms. The maximum absolute atomic E-state index is 14.1. The van der Waals surface area contributed by atoms with E-state index in [4.69, 9.17) is 4.42 Å². The van der Waals surface area contributed by atoms with E-state index in [0.717, 1.165) is 11.3 Å². The molecule has 0 atom stereocenters. The van der Waals surface area contributed by atoms with Crippen molar-refractivity contribution in [2.24, 2.45) is 0 Å². The highest BCUT2D eigenvalue weighted by molar-refractivity contribution is 5.80. The first-order chi connectivity index (χ1) is 11.6. The minimum absolute atomic E-state index is 0.282. The summed E-state index contributed by atoms with van der Waals surface area (Å²) < 4.78 is 35.1. The van der Waals surface area contributed by atoms with E-state index in [2.05, 4.69) is 4.98 Å². The molecule has 4 aromatic rings. The minimum atomic E-state index is -0.361. The number of rotatable bonds is 3. The number of imidazole rings is 1. The average molecular weight is 324 g/mol. The van der Waals surface area contributed by atoms with Gasteiger partial charge in [0, 0.05) is 11.6 Å². The van der Waals surface area contributed by atoms with Crippen molar-refractivity contribution in [2.75, 3.05) is 0 Å². The summed E-state index contributed by atoms with van der Waals surface area (Å²) in [6.07, 6.45) is 0. The zero-order valence-electron chi connectivity index (χ0n) is 13.0. The number of nitrogens with zero attached hydrogens (tertiary/aromatic N) is 2. The largest absolute Gasteiger partial charge is 0.458 e. The van der Waals surface area contributed by atoms with Crippen LogP contribution in [0.15, 0.2) is 59.0 Å². The first-order valence-electron chi connectivity index (χ1n) is 7.58. The van der Waals surface area contributed by atoms with Gasteiger partial charge in [-0.3, -0.25) is 0 Å². The maximum atomic E-state index is 14.1. The second-order valence-electron chi connectivity index (χ2n) is 5.66. The van der Waals surface area contributed by atoms with Crippen LogP contribution in [0.3, 0.4) is 0 Å². The van der Waals surface area contributed by atoms with Crippen LogP contribution in [0, 0.1) is 18.6 Å². The molecule has 0 aliphatic carbocycles. The van der Waals surface area contributed by atoms with Crippen LogP contribution in [0.25, 0.3) is 22.6 Å². The van der Waals surface area contributed by atoms with Gasteiger partial charge in [-0.1, -0.05) is 18.2 Å². The topological polar surface area (TPSA) is 31.0 Å². The second kappa shape index (κ2) is 5.60. The highest BCUT2D eigenvalue weighted by atomic mass is 19.1. The van der Waals surface area contributed by atoms with E-state index in [1.165, 1.54) is 18.2 Å². The van der Waals surface area contributed by atoms with Gasteiger partial charge in [0.1, 0.15) is 17.4 Å². The molecular formula is C19H14F2N2O. The van der Waals surface area contributed by atoms with Crippen LogP contribution in [0.2, 0.25) is 0 Å². The molecule has 24 heavy (non-hydrogen) atoms. The Kier molecular flexibility index (Phi) is 3.41. The Hall–Kier alpha value is -2.95. The van der Waals surface area contributed by atoms with Crippen molar-refractivity contribution < 1.29 is 13.2 Å². The zero-order chi connectivity index (χ0) is 16.7. The summed E-state index contributed by atoms with van der Waals surface area (Å²) in [5.74, 6) is 1.22. The number of hydrogen-bond acceptors (Lipinski definition) is 2. The molecule has 0 radical (unpaired) electrons. The predicted octanol–water partition coefficient (Wildman–Crippen LogP) is 4.93. The standard InChI is InChI=1S/C19H14F2N2O/c1-12-6-9-18(24-12)19-22-16-10-14(20)7-8-17(16)23(19)11-13-4-2-3-5-15(13)21/h2-10H,11H2,1H3. The van der Waals surface area contributed by atoms with Crippen molar-refractivity contribution in [2.45, 2.75) is 13.5 Å². The number of benzene rings is 2. The molecule has 2 aromatic heterocycles. The van der Waals surface area contributed by atoms with Gasteiger partial charge in [0.25, 0.3) is 0 Å². The van der Waals surface area contributed by atoms with Crippen LogP contribution in [-0.2, 0) is 6.54 Å². The lowest BCUT2D eigenvalue weighted by Gasteiger charge is -2.09. The Labute approximate surface area is 137 Å². The second-order valence-corrected chi connectivity index (χ2v) is 5.66. The van der Waals surface area contributed by atoms with Gasteiger partial charge in [-0.15, -0.1) is 0 Å². The first-order valence-corrected chi connectivity index (χ1v) is 7.58. The van der Waals surface area contributed by atoms with E-state index in [1.54, 1.807) is 24.3 Å². The van der Waals surface area contributed by atoms with Crippen molar-refractivity contribution in [3.8, 4) is 11.6 Å². The third-order valence-electron chi connectivity index (χ3n) is 3.96. The molecule has 0 aliphatic rings. The fourth-order valence-electron chi connectivity index (χ4n) is 2.80. The fraction of sp³-hybridized carbons (Fsp3) is 0.105. The molecule has 120 valence electrons. The van der Waals surface area contributed by atoms with Crippen LogP contribution < -0.4 is 0 Å². The number of aryl methyl sites for hydroxylation is 1. The summed E-state index contributed by atoms with van der Waals surface area (Å²) in [6, 6.07) is 14.6. The molecular weight excluding hydrogens is 310 g/mol. The molecule has 0 fully saturated rings. The Morgan fingerprint density at radius 3 is 2.62 bits per heavy atom. The normalized spacial score (nSPS) is 11.3. The van der Waals surface area contributed by atoms with Gasteiger partial charge in [-0.25, -0.2) is 13.8 Å². The number of fused-ring (bicyclic) bond motifs is 1. The molecule has 3 nitrogen and oxygen atoms in total. The first kappa shape index (κ1) is 14.6. The summed E-state index contributed by atoms with van der Waals surface area (Å²) in [5.41, 5.74) is 1.77. The number of halogens is 2. The molecule has 0 amide bonds. The highest BCUT2D eigenvalue weighted by Gasteiger charge is 2.17. The van der Waals surface area contributed by atoms with Crippen molar-refractivity contribution >= 4 is 11.0 Å². The van der Waals surface area contributed by atoms with E-state index >= 15 is 0 Å². The summed E-state index contributed by atoms with van der Waals surface area (Å²) in [7, 11) is 0. The van der Waals surface area contributed by atoms with E-state index in [-0.39, 0.29) is 18.2 Å². The molecule has 5 heteroatoms. The molecule has 0 unspecified atom stereocenters. The monoisotopic (exact) mass is 324 g/mol. The van der Waals surface area contributed by atoms with Gasteiger partial charge >= 0.3 is 0 Å². The Morgan fingerprint density at radius 1 is 1.04 bits per heavy atom. The molecule has 0 aliphatic heterocycles. The van der Waals surface area contributed by atoms with Crippen LogP contribution in [0.5, 0.6) is 0 Å². The molecule has 2 heterocycles. The molecule has 0 saturated heterocycles. The summed E-state index contributed by atoms with van der Waals surface area (Å²) in [5, 5.41) is 0. The Bertz CT molecular complexity index is 1030. The zero-order valence-corrected chi connectivity index (χ0v) is 13.0. The Morgan fingerprint density at radius 2 is 1.88 bits per heavy atom. The van der Waals surface area contributed by atoms with Crippen LogP contribution in [0.4, 0.5) is 8.78 Å². The van der Waals surface area contributed by atoms with Crippen LogP contribution >= 0.6 is 0 Å². The lowest BCUT2D eigenvalue weighted by atomic mass is 10.2. The third kappa shape index (κ3) is 2.48. The number of hydrogen-bond donors (Lipinski definition) is 0. The van der Waals surface area contributed by atoms with Crippen molar-refractivity contribution in [3.63, 3.8) is 0 Å². The average Bonchev–Trinajstić information content (AvgIpc) is 3.13. The van der Waals surface area contributed by atoms with Gasteiger partial charge in [0.05, 0.1) is 17.6 Å². The van der Waals surface area contributed by atoms with E-state index < -0.39 is 0 Å². The van der Waals surface area contributed by atoms with Crippen LogP contribution in [-0.4, -0.2) is 9.55 Å². The molecule has 0 saturated carbocycles. The third-order valence-corrected chi connectivity index (χ3v) is 3.96. The van der Waals surface area contributed by atoms with Crippen LogP contribution in [0.1, 0.15) is 11.3 Å². The van der Waals surface area contributed by atoms with Gasteiger partial charge in [0.15, 0.2) is 11.6 Å². The van der Waals surface area contributed by atoms with E-state index in [0.29, 0.717) is 22.7 Å². The van der Waals surface area contributed by atoms with Crippen molar-refractivity contribution in [1.29, 1.82) is 0 Å². The molecule has 2 aromatic carbocycles. The number of furan rings is 1. The predicted molar refractivity (Wildman–Crippen MR) is 87.6 cm³/mol. The molecule has 4 rings (SSSR count). The summed E-state index contributed by atoms with van der Waals surface area (Å²) >= 11 is 0. The van der Waals surface area contributed by atoms with Gasteiger partial charge in [-0.2, -0.15) is 0 Å². The van der Waals surface area contributed by atoms with E-state index in [9.17, 15) is 8.78 Å². The lowest BCUT2D eigenvalue weighted by Crippen LogP contribution is -2.03. The minimum Gasteiger partial charge on any atom is -0.458 e. The molecule has 0 spiro atoms. The Balaban J connectivity index is 1.92. The lowest BCUT2D eigenvalue weighted by molar-refractivity contribution is 0.539. The van der Waals surface area contributed by atoms with Gasteiger partial charge in [-0.05, 0) is 37.3 Å². The van der Waals surface area contributed by atoms with E-state index in [1.807, 2.05) is 23.6 Å². The SMILES string of the molecule is Cc1ccc(-c2nc3cc(F)ccc3n2Cc2ccccc2F)o1. The fourth-order valence-corrected chi connectivity index (χ4v) is 2.80. The van der Waals surface area contributed by atoms with Gasteiger partial charge in [0.2, 0.25) is 0 Å². The molecule has 0 N–H and O–H groups in total. The smallest absolute Gasteiger partial charge is 0.177 e. The summed E-state index contributed by atoms with van der Waals surface area (Å²) in [6.45, 7) is 2.12. The van der Waals surface area contributed by atoms with Crippen molar-refractivity contribution in [1.82, 2.24) is 9.55 Å².